The molecule has 0 spiro atoms. The first-order chi connectivity index (χ1) is 27.3. The number of aromatic nitrogens is 3. The Kier molecular flexibility index (Phi) is 7.14. The standard InChI is InChI=1S/C51H31N3O/c1-3-15-33(16-4-1)45-31-46-43-25-13-24-42(47(43)55-48(46)41-23-12-11-22-39(41)45)40-28-29-44(38-21-10-9-20-37(38)40)51-53-49(34-17-5-2-6-18-34)52-50(54-51)36-27-26-32-14-7-8-19-35(32)30-36/h1-31H. The van der Waals surface area contributed by atoms with E-state index in [9.17, 15) is 0 Å². The molecule has 4 heteroatoms. The van der Waals surface area contributed by atoms with Crippen LogP contribution in [0.4, 0.5) is 0 Å². The van der Waals surface area contributed by atoms with Crippen LogP contribution in [0, 0.1) is 0 Å². The van der Waals surface area contributed by atoms with E-state index in [2.05, 4.69) is 158 Å². The largest absolute Gasteiger partial charge is 0.455 e. The Morgan fingerprint density at radius 3 is 1.58 bits per heavy atom. The molecule has 0 aliphatic heterocycles. The number of hydrogen-bond acceptors (Lipinski definition) is 4. The molecule has 11 rings (SSSR count). The van der Waals surface area contributed by atoms with Crippen molar-refractivity contribution >= 4 is 54.3 Å². The van der Waals surface area contributed by atoms with Crippen molar-refractivity contribution in [3.63, 3.8) is 0 Å². The van der Waals surface area contributed by atoms with Crippen molar-refractivity contribution in [3.05, 3.63) is 188 Å². The van der Waals surface area contributed by atoms with E-state index in [1.807, 2.05) is 30.3 Å². The molecular formula is C51H31N3O. The molecule has 55 heavy (non-hydrogen) atoms. The van der Waals surface area contributed by atoms with Crippen LogP contribution in [0.5, 0.6) is 0 Å². The molecular weight excluding hydrogens is 671 g/mol. The number of para-hydroxylation sites is 1. The van der Waals surface area contributed by atoms with Gasteiger partial charge in [0.15, 0.2) is 17.5 Å². The fourth-order valence-corrected chi connectivity index (χ4v) is 8.09. The first-order valence-electron chi connectivity index (χ1n) is 18.5. The molecule has 9 aromatic carbocycles. The normalized spacial score (nSPS) is 11.6. The maximum absolute atomic E-state index is 6.93. The number of benzene rings is 9. The SMILES string of the molecule is c1ccc(-c2nc(-c3ccc4ccccc4c3)nc(-c3ccc(-c4cccc5c4oc4c6ccccc6c(-c6ccccc6)cc54)c4ccccc34)n2)cc1. The van der Waals surface area contributed by atoms with Gasteiger partial charge in [0, 0.05) is 38.4 Å². The Morgan fingerprint density at radius 1 is 0.273 bits per heavy atom. The number of fused-ring (bicyclic) bond motifs is 7. The lowest BCUT2D eigenvalue weighted by atomic mass is 9.92. The molecule has 0 amide bonds. The Bertz CT molecular complexity index is 3260. The second kappa shape index (κ2) is 12.6. The lowest BCUT2D eigenvalue weighted by Crippen LogP contribution is -2.00. The lowest BCUT2D eigenvalue weighted by Gasteiger charge is -2.13. The molecule has 2 heterocycles. The van der Waals surface area contributed by atoms with Gasteiger partial charge in [-0.25, -0.2) is 15.0 Å². The highest BCUT2D eigenvalue weighted by Crippen LogP contribution is 2.44. The van der Waals surface area contributed by atoms with Crippen LogP contribution in [-0.4, -0.2) is 15.0 Å². The zero-order valence-corrected chi connectivity index (χ0v) is 29.6. The van der Waals surface area contributed by atoms with E-state index in [0.717, 1.165) is 71.3 Å². The molecule has 0 bridgehead atoms. The molecule has 0 aliphatic carbocycles. The summed E-state index contributed by atoms with van der Waals surface area (Å²) in [5.41, 5.74) is 9.11. The average Bonchev–Trinajstić information content (AvgIpc) is 3.65. The summed E-state index contributed by atoms with van der Waals surface area (Å²) in [6.45, 7) is 0. The molecule has 0 N–H and O–H groups in total. The molecule has 0 aliphatic rings. The third kappa shape index (κ3) is 5.19. The van der Waals surface area contributed by atoms with Crippen molar-refractivity contribution in [1.29, 1.82) is 0 Å². The van der Waals surface area contributed by atoms with Crippen LogP contribution in [0.2, 0.25) is 0 Å². The lowest BCUT2D eigenvalue weighted by molar-refractivity contribution is 0.674. The summed E-state index contributed by atoms with van der Waals surface area (Å²) < 4.78 is 6.93. The van der Waals surface area contributed by atoms with Gasteiger partial charge >= 0.3 is 0 Å². The third-order valence-corrected chi connectivity index (χ3v) is 10.7. The number of furan rings is 1. The number of nitrogens with zero attached hydrogens (tertiary/aromatic N) is 3. The van der Waals surface area contributed by atoms with Crippen molar-refractivity contribution in [2.75, 3.05) is 0 Å². The zero-order valence-electron chi connectivity index (χ0n) is 29.6. The van der Waals surface area contributed by atoms with Gasteiger partial charge in [-0.05, 0) is 61.8 Å². The van der Waals surface area contributed by atoms with Crippen molar-refractivity contribution in [3.8, 4) is 56.4 Å². The quantitative estimate of drug-likeness (QED) is 0.179. The summed E-state index contributed by atoms with van der Waals surface area (Å²) >= 11 is 0. The molecule has 0 radical (unpaired) electrons. The van der Waals surface area contributed by atoms with Crippen LogP contribution in [-0.2, 0) is 0 Å². The molecule has 2 aromatic heterocycles. The first kappa shape index (κ1) is 31.1. The first-order valence-corrected chi connectivity index (χ1v) is 18.5. The maximum atomic E-state index is 6.93. The van der Waals surface area contributed by atoms with Crippen LogP contribution in [0.15, 0.2) is 192 Å². The Labute approximate surface area is 317 Å². The third-order valence-electron chi connectivity index (χ3n) is 10.7. The van der Waals surface area contributed by atoms with Crippen molar-refractivity contribution < 1.29 is 4.42 Å². The number of rotatable bonds is 5. The highest BCUT2D eigenvalue weighted by Gasteiger charge is 2.20. The van der Waals surface area contributed by atoms with Crippen LogP contribution >= 0.6 is 0 Å². The predicted octanol–water partition coefficient (Wildman–Crippen LogP) is 13.6. The summed E-state index contributed by atoms with van der Waals surface area (Å²) in [6.07, 6.45) is 0. The molecule has 4 nitrogen and oxygen atoms in total. The molecule has 0 atom stereocenters. The Morgan fingerprint density at radius 2 is 0.818 bits per heavy atom. The molecule has 256 valence electrons. The van der Waals surface area contributed by atoms with Crippen LogP contribution < -0.4 is 0 Å². The number of hydrogen-bond donors (Lipinski definition) is 0. The van der Waals surface area contributed by atoms with E-state index >= 15 is 0 Å². The van der Waals surface area contributed by atoms with Gasteiger partial charge in [-0.15, -0.1) is 0 Å². The van der Waals surface area contributed by atoms with Crippen LogP contribution in [0.3, 0.4) is 0 Å². The van der Waals surface area contributed by atoms with E-state index in [4.69, 9.17) is 19.4 Å². The molecule has 0 saturated carbocycles. The highest BCUT2D eigenvalue weighted by molar-refractivity contribution is 6.21. The highest BCUT2D eigenvalue weighted by atomic mass is 16.3. The minimum absolute atomic E-state index is 0.626. The summed E-state index contributed by atoms with van der Waals surface area (Å²) in [6, 6.07) is 65.7. The van der Waals surface area contributed by atoms with Crippen molar-refractivity contribution in [2.45, 2.75) is 0 Å². The fourth-order valence-electron chi connectivity index (χ4n) is 8.09. The van der Waals surface area contributed by atoms with Gasteiger partial charge in [-0.2, -0.15) is 0 Å². The van der Waals surface area contributed by atoms with Crippen molar-refractivity contribution in [1.82, 2.24) is 15.0 Å². The topological polar surface area (TPSA) is 51.8 Å². The van der Waals surface area contributed by atoms with Gasteiger partial charge in [0.05, 0.1) is 0 Å². The van der Waals surface area contributed by atoms with E-state index in [0.29, 0.717) is 17.5 Å². The second-order valence-electron chi connectivity index (χ2n) is 13.9. The summed E-state index contributed by atoms with van der Waals surface area (Å²) in [5, 5.41) is 8.94. The second-order valence-corrected chi connectivity index (χ2v) is 13.9. The monoisotopic (exact) mass is 701 g/mol. The average molecular weight is 702 g/mol. The minimum Gasteiger partial charge on any atom is -0.455 e. The van der Waals surface area contributed by atoms with Gasteiger partial charge in [-0.1, -0.05) is 170 Å². The van der Waals surface area contributed by atoms with E-state index in [1.165, 1.54) is 21.9 Å². The minimum atomic E-state index is 0.626. The smallest absolute Gasteiger partial charge is 0.164 e. The van der Waals surface area contributed by atoms with Gasteiger partial charge in [-0.3, -0.25) is 0 Å². The molecule has 0 saturated heterocycles. The summed E-state index contributed by atoms with van der Waals surface area (Å²) in [5.74, 6) is 1.90. The Balaban J connectivity index is 1.12. The van der Waals surface area contributed by atoms with Crippen LogP contribution in [0.1, 0.15) is 0 Å². The van der Waals surface area contributed by atoms with Gasteiger partial charge in [0.1, 0.15) is 11.2 Å². The van der Waals surface area contributed by atoms with Gasteiger partial charge in [0.2, 0.25) is 0 Å². The van der Waals surface area contributed by atoms with E-state index < -0.39 is 0 Å². The maximum Gasteiger partial charge on any atom is 0.164 e. The predicted molar refractivity (Wildman–Crippen MR) is 227 cm³/mol. The van der Waals surface area contributed by atoms with Gasteiger partial charge < -0.3 is 4.42 Å². The zero-order chi connectivity index (χ0) is 36.3. The van der Waals surface area contributed by atoms with Crippen molar-refractivity contribution in [2.24, 2.45) is 0 Å². The Hall–Kier alpha value is -7.43. The molecule has 11 aromatic rings. The van der Waals surface area contributed by atoms with Gasteiger partial charge in [0.25, 0.3) is 0 Å². The molecule has 0 unspecified atom stereocenters. The summed E-state index contributed by atoms with van der Waals surface area (Å²) in [4.78, 5) is 15.3. The summed E-state index contributed by atoms with van der Waals surface area (Å²) in [7, 11) is 0. The van der Waals surface area contributed by atoms with E-state index in [-0.39, 0.29) is 0 Å². The fraction of sp³-hybridized carbons (Fsp3) is 0. The van der Waals surface area contributed by atoms with E-state index in [1.54, 1.807) is 0 Å². The van der Waals surface area contributed by atoms with Crippen LogP contribution in [0.25, 0.3) is 111 Å². The molecule has 0 fully saturated rings.